The summed E-state index contributed by atoms with van der Waals surface area (Å²) in [5, 5.41) is 2.27. The predicted molar refractivity (Wildman–Crippen MR) is 65.1 cm³/mol. The Balaban J connectivity index is 2.53. The van der Waals surface area contributed by atoms with E-state index in [4.69, 9.17) is 0 Å². The number of H-pyrrole nitrogens is 1. The number of alkyl halides is 1. The van der Waals surface area contributed by atoms with Crippen molar-refractivity contribution in [1.29, 1.82) is 0 Å². The molecular formula is C12H14BrN. The zero-order valence-corrected chi connectivity index (χ0v) is 10.1. The Morgan fingerprint density at radius 1 is 1.29 bits per heavy atom. The summed E-state index contributed by atoms with van der Waals surface area (Å²) in [4.78, 5) is 3.20. The number of rotatable bonds is 2. The Kier molecular flexibility index (Phi) is 2.40. The maximum absolute atomic E-state index is 3.55. The van der Waals surface area contributed by atoms with Crippen LogP contribution in [0, 0.1) is 0 Å². The minimum absolute atomic E-state index is 0.200. The molecule has 0 saturated carbocycles. The second-order valence-corrected chi connectivity index (χ2v) is 4.86. The lowest BCUT2D eigenvalue weighted by molar-refractivity contribution is 0.607. The van der Waals surface area contributed by atoms with Gasteiger partial charge in [-0.15, -0.1) is 0 Å². The minimum atomic E-state index is 0.200. The van der Waals surface area contributed by atoms with Crippen molar-refractivity contribution in [3.05, 3.63) is 36.0 Å². The fraction of sp³-hybridized carbons (Fsp3) is 0.333. The first kappa shape index (κ1) is 9.78. The van der Waals surface area contributed by atoms with Crippen LogP contribution in [0.5, 0.6) is 0 Å². The lowest BCUT2D eigenvalue weighted by Gasteiger charge is -2.22. The number of hydrogen-bond donors (Lipinski definition) is 1. The molecule has 0 spiro atoms. The molecule has 74 valence electrons. The maximum Gasteiger partial charge on any atom is 0.0454 e. The van der Waals surface area contributed by atoms with Crippen molar-refractivity contribution < 1.29 is 0 Å². The molecule has 0 atom stereocenters. The van der Waals surface area contributed by atoms with Crippen LogP contribution in [0.4, 0.5) is 0 Å². The van der Waals surface area contributed by atoms with Gasteiger partial charge in [0.1, 0.15) is 0 Å². The van der Waals surface area contributed by atoms with Gasteiger partial charge in [-0.1, -0.05) is 35.8 Å². The maximum atomic E-state index is 3.55. The Morgan fingerprint density at radius 2 is 2.07 bits per heavy atom. The monoisotopic (exact) mass is 251 g/mol. The van der Waals surface area contributed by atoms with Crippen LogP contribution in [0.15, 0.2) is 30.5 Å². The van der Waals surface area contributed by atoms with Crippen molar-refractivity contribution in [3.63, 3.8) is 0 Å². The molecule has 1 aromatic carbocycles. The van der Waals surface area contributed by atoms with Crippen LogP contribution in [0.3, 0.4) is 0 Å². The number of benzene rings is 1. The van der Waals surface area contributed by atoms with Crippen LogP contribution in [0.1, 0.15) is 19.4 Å². The van der Waals surface area contributed by atoms with Crippen LogP contribution < -0.4 is 0 Å². The third-order valence-electron chi connectivity index (χ3n) is 2.67. The number of aromatic amines is 1. The minimum Gasteiger partial charge on any atom is -0.361 e. The van der Waals surface area contributed by atoms with E-state index in [0.29, 0.717) is 0 Å². The molecule has 1 N–H and O–H groups in total. The van der Waals surface area contributed by atoms with E-state index in [1.807, 2.05) is 6.20 Å². The van der Waals surface area contributed by atoms with Gasteiger partial charge in [-0.2, -0.15) is 0 Å². The highest BCUT2D eigenvalue weighted by molar-refractivity contribution is 9.09. The zero-order chi connectivity index (χ0) is 10.2. The van der Waals surface area contributed by atoms with E-state index in [1.165, 1.54) is 16.5 Å². The molecule has 2 heteroatoms. The summed E-state index contributed by atoms with van der Waals surface area (Å²) in [5.41, 5.74) is 2.78. The Labute approximate surface area is 92.6 Å². The highest BCUT2D eigenvalue weighted by atomic mass is 79.9. The van der Waals surface area contributed by atoms with Gasteiger partial charge in [0.15, 0.2) is 0 Å². The van der Waals surface area contributed by atoms with Crippen molar-refractivity contribution in [2.45, 2.75) is 19.3 Å². The van der Waals surface area contributed by atoms with E-state index >= 15 is 0 Å². The second-order valence-electron chi connectivity index (χ2n) is 4.30. The van der Waals surface area contributed by atoms with E-state index in [2.05, 4.69) is 59.0 Å². The van der Waals surface area contributed by atoms with Crippen molar-refractivity contribution in [2.75, 3.05) is 5.33 Å². The quantitative estimate of drug-likeness (QED) is 0.781. The molecule has 1 heterocycles. The van der Waals surface area contributed by atoms with Gasteiger partial charge in [0.2, 0.25) is 0 Å². The van der Waals surface area contributed by atoms with Crippen molar-refractivity contribution in [1.82, 2.24) is 4.98 Å². The lowest BCUT2D eigenvalue weighted by atomic mass is 9.86. The summed E-state index contributed by atoms with van der Waals surface area (Å²) >= 11 is 3.55. The SMILES string of the molecule is CC(C)(CBr)c1ccc2[nH]ccc2c1. The van der Waals surface area contributed by atoms with Crippen molar-refractivity contribution in [2.24, 2.45) is 0 Å². The Hall–Kier alpha value is -0.760. The van der Waals surface area contributed by atoms with E-state index in [-0.39, 0.29) is 5.41 Å². The molecule has 0 aliphatic carbocycles. The predicted octanol–water partition coefficient (Wildman–Crippen LogP) is 3.84. The number of halogens is 1. The first-order valence-corrected chi connectivity index (χ1v) is 5.89. The third-order valence-corrected chi connectivity index (χ3v) is 4.07. The van der Waals surface area contributed by atoms with Crippen molar-refractivity contribution >= 4 is 26.8 Å². The number of nitrogens with one attached hydrogen (secondary N) is 1. The molecule has 0 fully saturated rings. The lowest BCUT2D eigenvalue weighted by Crippen LogP contribution is -2.18. The zero-order valence-electron chi connectivity index (χ0n) is 8.47. The normalized spacial score (nSPS) is 12.2. The number of hydrogen-bond acceptors (Lipinski definition) is 0. The topological polar surface area (TPSA) is 15.8 Å². The summed E-state index contributed by atoms with van der Waals surface area (Å²) < 4.78 is 0. The molecular weight excluding hydrogens is 238 g/mol. The molecule has 1 aromatic heterocycles. The number of fused-ring (bicyclic) bond motifs is 1. The molecule has 14 heavy (non-hydrogen) atoms. The third kappa shape index (κ3) is 1.59. The molecule has 2 aromatic rings. The van der Waals surface area contributed by atoms with Gasteiger partial charge in [0.05, 0.1) is 0 Å². The van der Waals surface area contributed by atoms with E-state index in [9.17, 15) is 0 Å². The smallest absolute Gasteiger partial charge is 0.0454 e. The largest absolute Gasteiger partial charge is 0.361 e. The van der Waals surface area contributed by atoms with Gasteiger partial charge in [-0.25, -0.2) is 0 Å². The summed E-state index contributed by atoms with van der Waals surface area (Å²) in [7, 11) is 0. The van der Waals surface area contributed by atoms with Gasteiger partial charge in [-0.05, 0) is 34.6 Å². The van der Waals surface area contributed by atoms with Crippen molar-refractivity contribution in [3.8, 4) is 0 Å². The molecule has 0 aliphatic rings. The molecule has 0 unspecified atom stereocenters. The molecule has 2 rings (SSSR count). The molecule has 0 amide bonds. The van der Waals surface area contributed by atoms with Gasteiger partial charge in [-0.3, -0.25) is 0 Å². The standard InChI is InChI=1S/C12H14BrN/c1-12(2,8-13)10-3-4-11-9(7-10)5-6-14-11/h3-7,14H,8H2,1-2H3. The molecule has 0 aliphatic heterocycles. The fourth-order valence-corrected chi connectivity index (χ4v) is 1.88. The van der Waals surface area contributed by atoms with E-state index < -0.39 is 0 Å². The van der Waals surface area contributed by atoms with Crippen LogP contribution in [-0.2, 0) is 5.41 Å². The summed E-state index contributed by atoms with van der Waals surface area (Å²) in [6, 6.07) is 8.71. The Morgan fingerprint density at radius 3 is 2.79 bits per heavy atom. The molecule has 0 bridgehead atoms. The Bertz CT molecular complexity index is 442. The molecule has 0 saturated heterocycles. The highest BCUT2D eigenvalue weighted by Crippen LogP contribution is 2.27. The average Bonchev–Trinajstić information content (AvgIpc) is 2.64. The first-order chi connectivity index (χ1) is 6.63. The van der Waals surface area contributed by atoms with Gasteiger partial charge in [0.25, 0.3) is 0 Å². The highest BCUT2D eigenvalue weighted by Gasteiger charge is 2.18. The van der Waals surface area contributed by atoms with E-state index in [0.717, 1.165) is 5.33 Å². The van der Waals surface area contributed by atoms with Gasteiger partial charge < -0.3 is 4.98 Å². The molecule has 1 nitrogen and oxygen atoms in total. The average molecular weight is 252 g/mol. The first-order valence-electron chi connectivity index (χ1n) is 4.77. The van der Waals surface area contributed by atoms with Crippen LogP contribution >= 0.6 is 15.9 Å². The summed E-state index contributed by atoms with van der Waals surface area (Å²) in [5.74, 6) is 0. The summed E-state index contributed by atoms with van der Waals surface area (Å²) in [6.07, 6.45) is 1.98. The van der Waals surface area contributed by atoms with Gasteiger partial charge >= 0.3 is 0 Å². The van der Waals surface area contributed by atoms with Gasteiger partial charge in [0, 0.05) is 17.0 Å². The number of aromatic nitrogens is 1. The fourth-order valence-electron chi connectivity index (χ4n) is 1.55. The van der Waals surface area contributed by atoms with Crippen LogP contribution in [0.2, 0.25) is 0 Å². The van der Waals surface area contributed by atoms with E-state index in [1.54, 1.807) is 0 Å². The van der Waals surface area contributed by atoms with Crippen LogP contribution in [0.25, 0.3) is 10.9 Å². The second kappa shape index (κ2) is 3.43. The summed E-state index contributed by atoms with van der Waals surface area (Å²) in [6.45, 7) is 4.49. The van der Waals surface area contributed by atoms with Crippen LogP contribution in [-0.4, -0.2) is 10.3 Å². The molecule has 0 radical (unpaired) electrons.